The lowest BCUT2D eigenvalue weighted by Crippen LogP contribution is -2.28. The molecule has 0 aliphatic rings. The van der Waals surface area contributed by atoms with Gasteiger partial charge in [0.25, 0.3) is 0 Å². The summed E-state index contributed by atoms with van der Waals surface area (Å²) in [5.41, 5.74) is 4.61. The van der Waals surface area contributed by atoms with Crippen molar-refractivity contribution in [2.45, 2.75) is 27.3 Å². The van der Waals surface area contributed by atoms with E-state index < -0.39 is 0 Å². The minimum atomic E-state index is 0.606. The van der Waals surface area contributed by atoms with E-state index in [1.54, 1.807) is 0 Å². The Kier molecular flexibility index (Phi) is 5.78. The van der Waals surface area contributed by atoms with Crippen LogP contribution in [0.5, 0.6) is 5.75 Å². The van der Waals surface area contributed by atoms with Gasteiger partial charge in [-0.15, -0.1) is 0 Å². The Morgan fingerprint density at radius 3 is 2.59 bits per heavy atom. The van der Waals surface area contributed by atoms with Gasteiger partial charge in [-0.1, -0.05) is 24.3 Å². The first-order chi connectivity index (χ1) is 10.6. The molecule has 116 valence electrons. The predicted molar refractivity (Wildman–Crippen MR) is 96.6 cm³/mol. The highest BCUT2D eigenvalue weighted by molar-refractivity contribution is 7.80. The molecule has 4 heteroatoms. The third-order valence-corrected chi connectivity index (χ3v) is 3.72. The van der Waals surface area contributed by atoms with Crippen molar-refractivity contribution in [3.63, 3.8) is 0 Å². The van der Waals surface area contributed by atoms with Crippen molar-refractivity contribution in [2.24, 2.45) is 0 Å². The summed E-state index contributed by atoms with van der Waals surface area (Å²) >= 11 is 5.36. The predicted octanol–water partition coefficient (Wildman–Crippen LogP) is 4.19. The molecule has 0 aliphatic carbocycles. The number of thiocarbonyl (C=S) groups is 1. The highest BCUT2D eigenvalue weighted by Crippen LogP contribution is 2.18. The van der Waals surface area contributed by atoms with Gasteiger partial charge >= 0.3 is 0 Å². The first-order valence-corrected chi connectivity index (χ1v) is 7.83. The number of benzene rings is 2. The number of nitrogens with one attached hydrogen (secondary N) is 2. The molecule has 0 unspecified atom stereocenters. The molecule has 0 aliphatic heterocycles. The molecule has 0 atom stereocenters. The summed E-state index contributed by atoms with van der Waals surface area (Å²) in [5.74, 6) is 0.895. The summed E-state index contributed by atoms with van der Waals surface area (Å²) in [6.45, 7) is 7.46. The summed E-state index contributed by atoms with van der Waals surface area (Å²) in [6, 6.07) is 14.2. The van der Waals surface area contributed by atoms with E-state index in [4.69, 9.17) is 17.0 Å². The van der Waals surface area contributed by atoms with Gasteiger partial charge < -0.3 is 15.4 Å². The fraction of sp³-hybridized carbons (Fsp3) is 0.278. The maximum absolute atomic E-state index is 5.61. The fourth-order valence-corrected chi connectivity index (χ4v) is 2.31. The highest BCUT2D eigenvalue weighted by Gasteiger charge is 2.04. The molecule has 0 saturated heterocycles. The zero-order valence-electron chi connectivity index (χ0n) is 13.3. The van der Waals surface area contributed by atoms with Crippen molar-refractivity contribution >= 4 is 23.0 Å². The molecule has 0 spiro atoms. The molecule has 0 saturated carbocycles. The number of aryl methyl sites for hydroxylation is 2. The molecule has 2 rings (SSSR count). The van der Waals surface area contributed by atoms with E-state index in [9.17, 15) is 0 Å². The molecule has 0 heterocycles. The second-order valence-electron chi connectivity index (χ2n) is 5.15. The van der Waals surface area contributed by atoms with Crippen LogP contribution in [0.4, 0.5) is 5.69 Å². The largest absolute Gasteiger partial charge is 0.494 e. The summed E-state index contributed by atoms with van der Waals surface area (Å²) < 4.78 is 5.61. The maximum atomic E-state index is 5.61. The van der Waals surface area contributed by atoms with Gasteiger partial charge in [0.05, 0.1) is 6.61 Å². The minimum Gasteiger partial charge on any atom is -0.494 e. The minimum absolute atomic E-state index is 0.606. The van der Waals surface area contributed by atoms with Gasteiger partial charge in [-0.3, -0.25) is 0 Å². The topological polar surface area (TPSA) is 33.3 Å². The van der Waals surface area contributed by atoms with Crippen LogP contribution in [-0.2, 0) is 6.54 Å². The van der Waals surface area contributed by atoms with Crippen LogP contribution < -0.4 is 15.4 Å². The average Bonchev–Trinajstić information content (AvgIpc) is 2.50. The molecule has 0 amide bonds. The van der Waals surface area contributed by atoms with Crippen LogP contribution in [0.15, 0.2) is 42.5 Å². The van der Waals surface area contributed by atoms with Gasteiger partial charge in [0.1, 0.15) is 5.75 Å². The van der Waals surface area contributed by atoms with Crippen LogP contribution in [0.2, 0.25) is 0 Å². The smallest absolute Gasteiger partial charge is 0.171 e. The van der Waals surface area contributed by atoms with Crippen LogP contribution in [0, 0.1) is 13.8 Å². The molecule has 0 aromatic heterocycles. The fourth-order valence-electron chi connectivity index (χ4n) is 2.12. The zero-order valence-corrected chi connectivity index (χ0v) is 14.1. The highest BCUT2D eigenvalue weighted by atomic mass is 32.1. The Morgan fingerprint density at radius 2 is 1.86 bits per heavy atom. The van der Waals surface area contributed by atoms with E-state index in [0.717, 1.165) is 17.0 Å². The van der Waals surface area contributed by atoms with Crippen LogP contribution in [0.3, 0.4) is 0 Å². The van der Waals surface area contributed by atoms with Crippen molar-refractivity contribution in [1.82, 2.24) is 5.32 Å². The summed E-state index contributed by atoms with van der Waals surface area (Å²) in [7, 11) is 0. The van der Waals surface area contributed by atoms with Crippen LogP contribution in [-0.4, -0.2) is 11.7 Å². The SMILES string of the molecule is CCOc1ccccc1CNC(=S)Nc1ccc(C)c(C)c1. The van der Waals surface area contributed by atoms with E-state index in [1.807, 2.05) is 37.3 Å². The molecule has 2 aromatic carbocycles. The van der Waals surface area contributed by atoms with E-state index >= 15 is 0 Å². The monoisotopic (exact) mass is 314 g/mol. The second kappa shape index (κ2) is 7.80. The van der Waals surface area contributed by atoms with Gasteiger partial charge in [-0.25, -0.2) is 0 Å². The Bertz CT molecular complexity index is 655. The normalized spacial score (nSPS) is 10.1. The van der Waals surface area contributed by atoms with Crippen molar-refractivity contribution in [1.29, 1.82) is 0 Å². The Balaban J connectivity index is 1.94. The summed E-state index contributed by atoms with van der Waals surface area (Å²) in [5, 5.41) is 7.04. The van der Waals surface area contributed by atoms with Crippen LogP contribution in [0.1, 0.15) is 23.6 Å². The number of para-hydroxylation sites is 1. The van der Waals surface area contributed by atoms with Crippen molar-refractivity contribution in [3.05, 3.63) is 59.2 Å². The lowest BCUT2D eigenvalue weighted by atomic mass is 10.1. The zero-order chi connectivity index (χ0) is 15.9. The standard InChI is InChI=1S/C18H22N2OS/c1-4-21-17-8-6-5-7-15(17)12-19-18(22)20-16-10-9-13(2)14(3)11-16/h5-11H,4,12H2,1-3H3,(H2,19,20,22). The first kappa shape index (κ1) is 16.3. The molecule has 0 fully saturated rings. The maximum Gasteiger partial charge on any atom is 0.171 e. The second-order valence-corrected chi connectivity index (χ2v) is 5.56. The van der Waals surface area contributed by atoms with E-state index in [2.05, 4.69) is 36.6 Å². The molecule has 2 N–H and O–H groups in total. The lowest BCUT2D eigenvalue weighted by Gasteiger charge is -2.14. The van der Waals surface area contributed by atoms with Gasteiger partial charge in [-0.05, 0) is 62.3 Å². The first-order valence-electron chi connectivity index (χ1n) is 7.43. The van der Waals surface area contributed by atoms with E-state index in [1.165, 1.54) is 11.1 Å². The number of anilines is 1. The summed E-state index contributed by atoms with van der Waals surface area (Å²) in [4.78, 5) is 0. The van der Waals surface area contributed by atoms with Gasteiger partial charge in [0.2, 0.25) is 0 Å². The summed E-state index contributed by atoms with van der Waals surface area (Å²) in [6.07, 6.45) is 0. The molecule has 2 aromatic rings. The third kappa shape index (κ3) is 4.46. The van der Waals surface area contributed by atoms with E-state index in [-0.39, 0.29) is 0 Å². The quantitative estimate of drug-likeness (QED) is 0.811. The number of rotatable bonds is 5. The number of ether oxygens (including phenoxy) is 1. The molecule has 22 heavy (non-hydrogen) atoms. The number of hydrogen-bond donors (Lipinski definition) is 2. The van der Waals surface area contributed by atoms with E-state index in [0.29, 0.717) is 18.3 Å². The van der Waals surface area contributed by atoms with Crippen LogP contribution in [0.25, 0.3) is 0 Å². The third-order valence-electron chi connectivity index (χ3n) is 3.48. The Hall–Kier alpha value is -2.07. The van der Waals surface area contributed by atoms with Gasteiger partial charge in [0.15, 0.2) is 5.11 Å². The number of hydrogen-bond acceptors (Lipinski definition) is 2. The van der Waals surface area contributed by atoms with Crippen LogP contribution >= 0.6 is 12.2 Å². The Labute approximate surface area is 137 Å². The molecule has 0 bridgehead atoms. The molecule has 0 radical (unpaired) electrons. The van der Waals surface area contributed by atoms with Crippen molar-refractivity contribution in [2.75, 3.05) is 11.9 Å². The van der Waals surface area contributed by atoms with Crippen molar-refractivity contribution in [3.8, 4) is 5.75 Å². The molecular weight excluding hydrogens is 292 g/mol. The molecule has 3 nitrogen and oxygen atoms in total. The van der Waals surface area contributed by atoms with Gasteiger partial charge in [0, 0.05) is 17.8 Å². The van der Waals surface area contributed by atoms with Crippen molar-refractivity contribution < 1.29 is 4.74 Å². The molecular formula is C18H22N2OS. The Morgan fingerprint density at radius 1 is 1.09 bits per heavy atom. The lowest BCUT2D eigenvalue weighted by molar-refractivity contribution is 0.336. The average molecular weight is 314 g/mol. The van der Waals surface area contributed by atoms with Gasteiger partial charge in [-0.2, -0.15) is 0 Å².